The summed E-state index contributed by atoms with van der Waals surface area (Å²) in [6, 6.07) is 6.09. The van der Waals surface area contributed by atoms with Gasteiger partial charge < -0.3 is 9.47 Å². The summed E-state index contributed by atoms with van der Waals surface area (Å²) in [7, 11) is 1.70. The van der Waals surface area contributed by atoms with Crippen LogP contribution in [0.5, 0.6) is 11.5 Å². The first-order valence-electron chi connectivity index (χ1n) is 5.17. The monoisotopic (exact) mass is 192 g/mol. The number of methoxy groups -OCH3 is 1. The number of benzene rings is 1. The molecule has 1 aliphatic rings. The Morgan fingerprint density at radius 1 is 1.36 bits per heavy atom. The third kappa shape index (κ3) is 2.00. The van der Waals surface area contributed by atoms with Crippen LogP contribution >= 0.6 is 0 Å². The highest BCUT2D eigenvalue weighted by atomic mass is 16.5. The van der Waals surface area contributed by atoms with E-state index in [1.54, 1.807) is 7.11 Å². The van der Waals surface area contributed by atoms with E-state index in [1.807, 2.05) is 12.1 Å². The molecule has 0 aliphatic heterocycles. The summed E-state index contributed by atoms with van der Waals surface area (Å²) < 4.78 is 11.0. The molecule has 14 heavy (non-hydrogen) atoms. The lowest BCUT2D eigenvalue weighted by Gasteiger charge is -2.09. The van der Waals surface area contributed by atoms with Crippen molar-refractivity contribution in [1.29, 1.82) is 0 Å². The highest BCUT2D eigenvalue weighted by molar-refractivity contribution is 5.40. The molecule has 76 valence electrons. The maximum atomic E-state index is 5.69. The van der Waals surface area contributed by atoms with Crippen LogP contribution in [-0.2, 0) is 6.42 Å². The first-order chi connectivity index (χ1) is 6.83. The molecular weight excluding hydrogens is 176 g/mol. The van der Waals surface area contributed by atoms with Crippen LogP contribution in [0.3, 0.4) is 0 Å². The minimum Gasteiger partial charge on any atom is -0.496 e. The van der Waals surface area contributed by atoms with Crippen LogP contribution in [0, 0.1) is 0 Å². The Morgan fingerprint density at radius 3 is 2.71 bits per heavy atom. The van der Waals surface area contributed by atoms with E-state index in [-0.39, 0.29) is 0 Å². The summed E-state index contributed by atoms with van der Waals surface area (Å²) in [6.45, 7) is 2.12. The molecule has 0 heterocycles. The fourth-order valence-corrected chi connectivity index (χ4v) is 1.47. The van der Waals surface area contributed by atoms with E-state index in [9.17, 15) is 0 Å². The lowest BCUT2D eigenvalue weighted by molar-refractivity contribution is 0.300. The second-order valence-electron chi connectivity index (χ2n) is 3.64. The van der Waals surface area contributed by atoms with Crippen molar-refractivity contribution >= 4 is 0 Å². The fraction of sp³-hybridized carbons (Fsp3) is 0.500. The van der Waals surface area contributed by atoms with Gasteiger partial charge in [-0.1, -0.05) is 13.0 Å². The molecule has 2 rings (SSSR count). The van der Waals surface area contributed by atoms with E-state index in [0.29, 0.717) is 6.10 Å². The quantitative estimate of drug-likeness (QED) is 0.730. The van der Waals surface area contributed by atoms with Crippen LogP contribution in [0.1, 0.15) is 25.3 Å². The molecule has 2 heteroatoms. The standard InChI is InChI=1S/C12H16O2/c1-3-9-4-5-11(8-12(9)13-2)14-10-6-7-10/h4-5,8,10H,3,6-7H2,1-2H3. The molecule has 0 N–H and O–H groups in total. The maximum absolute atomic E-state index is 5.69. The van der Waals surface area contributed by atoms with E-state index in [1.165, 1.54) is 18.4 Å². The van der Waals surface area contributed by atoms with Crippen LogP contribution in [0.25, 0.3) is 0 Å². The van der Waals surface area contributed by atoms with Crippen LogP contribution in [0.4, 0.5) is 0 Å². The fourth-order valence-electron chi connectivity index (χ4n) is 1.47. The van der Waals surface area contributed by atoms with Crippen LogP contribution in [0.15, 0.2) is 18.2 Å². The topological polar surface area (TPSA) is 18.5 Å². The van der Waals surface area contributed by atoms with E-state index < -0.39 is 0 Å². The molecule has 1 fully saturated rings. The third-order valence-electron chi connectivity index (χ3n) is 2.47. The van der Waals surface area contributed by atoms with Gasteiger partial charge in [0.2, 0.25) is 0 Å². The molecule has 0 saturated heterocycles. The SMILES string of the molecule is CCc1ccc(OC2CC2)cc1OC. The third-order valence-corrected chi connectivity index (χ3v) is 2.47. The summed E-state index contributed by atoms with van der Waals surface area (Å²) >= 11 is 0. The van der Waals surface area contributed by atoms with E-state index in [2.05, 4.69) is 13.0 Å². The minimum atomic E-state index is 0.451. The zero-order valence-electron chi connectivity index (χ0n) is 8.75. The first kappa shape index (κ1) is 9.38. The van der Waals surface area contributed by atoms with Crippen molar-refractivity contribution in [3.63, 3.8) is 0 Å². The van der Waals surface area contributed by atoms with Gasteiger partial charge in [-0.3, -0.25) is 0 Å². The van der Waals surface area contributed by atoms with Gasteiger partial charge in [0.1, 0.15) is 11.5 Å². The van der Waals surface area contributed by atoms with Gasteiger partial charge in [0, 0.05) is 6.07 Å². The normalized spacial score (nSPS) is 15.3. The molecule has 1 saturated carbocycles. The molecule has 0 bridgehead atoms. The highest BCUT2D eigenvalue weighted by Crippen LogP contribution is 2.30. The second-order valence-corrected chi connectivity index (χ2v) is 3.64. The van der Waals surface area contributed by atoms with Crippen molar-refractivity contribution in [3.8, 4) is 11.5 Å². The van der Waals surface area contributed by atoms with Crippen molar-refractivity contribution in [1.82, 2.24) is 0 Å². The number of aryl methyl sites for hydroxylation is 1. The molecular formula is C12H16O2. The number of rotatable bonds is 4. The van der Waals surface area contributed by atoms with Crippen LogP contribution in [-0.4, -0.2) is 13.2 Å². The smallest absolute Gasteiger partial charge is 0.125 e. The minimum absolute atomic E-state index is 0.451. The molecule has 0 unspecified atom stereocenters. The van der Waals surface area contributed by atoms with Gasteiger partial charge in [0.15, 0.2) is 0 Å². The Balaban J connectivity index is 2.16. The van der Waals surface area contributed by atoms with Gasteiger partial charge >= 0.3 is 0 Å². The van der Waals surface area contributed by atoms with E-state index >= 15 is 0 Å². The van der Waals surface area contributed by atoms with E-state index in [0.717, 1.165) is 17.9 Å². The predicted molar refractivity (Wildman–Crippen MR) is 56.0 cm³/mol. The van der Waals surface area contributed by atoms with Crippen molar-refractivity contribution in [2.75, 3.05) is 7.11 Å². The lowest BCUT2D eigenvalue weighted by Crippen LogP contribution is -1.97. The van der Waals surface area contributed by atoms with Crippen molar-refractivity contribution in [2.45, 2.75) is 32.3 Å². The van der Waals surface area contributed by atoms with Crippen molar-refractivity contribution < 1.29 is 9.47 Å². The zero-order chi connectivity index (χ0) is 9.97. The van der Waals surface area contributed by atoms with E-state index in [4.69, 9.17) is 9.47 Å². The summed E-state index contributed by atoms with van der Waals surface area (Å²) in [5.74, 6) is 1.87. The van der Waals surface area contributed by atoms with Gasteiger partial charge in [0.05, 0.1) is 13.2 Å². The maximum Gasteiger partial charge on any atom is 0.125 e. The Bertz CT molecular complexity index is 316. The second kappa shape index (κ2) is 3.91. The Labute approximate surface area is 84.8 Å². The van der Waals surface area contributed by atoms with Gasteiger partial charge in [-0.2, -0.15) is 0 Å². The summed E-state index contributed by atoms with van der Waals surface area (Å²) in [4.78, 5) is 0. The Kier molecular flexibility index (Phi) is 2.62. The lowest BCUT2D eigenvalue weighted by atomic mass is 10.1. The molecule has 1 aliphatic carbocycles. The molecule has 0 atom stereocenters. The molecule has 0 amide bonds. The number of ether oxygens (including phenoxy) is 2. The Hall–Kier alpha value is -1.18. The molecule has 0 aromatic heterocycles. The average molecular weight is 192 g/mol. The zero-order valence-corrected chi connectivity index (χ0v) is 8.75. The van der Waals surface area contributed by atoms with Gasteiger partial charge in [-0.05, 0) is 30.9 Å². The highest BCUT2D eigenvalue weighted by Gasteiger charge is 2.23. The number of hydrogen-bond donors (Lipinski definition) is 0. The van der Waals surface area contributed by atoms with Crippen molar-refractivity contribution in [3.05, 3.63) is 23.8 Å². The number of hydrogen-bond acceptors (Lipinski definition) is 2. The van der Waals surface area contributed by atoms with Gasteiger partial charge in [-0.15, -0.1) is 0 Å². The molecule has 1 aromatic rings. The average Bonchev–Trinajstić information content (AvgIpc) is 3.01. The molecule has 0 radical (unpaired) electrons. The Morgan fingerprint density at radius 2 is 2.14 bits per heavy atom. The summed E-state index contributed by atoms with van der Waals surface area (Å²) in [5.41, 5.74) is 1.23. The predicted octanol–water partition coefficient (Wildman–Crippen LogP) is 2.80. The molecule has 1 aromatic carbocycles. The van der Waals surface area contributed by atoms with Crippen LogP contribution in [0.2, 0.25) is 0 Å². The first-order valence-corrected chi connectivity index (χ1v) is 5.17. The molecule has 0 spiro atoms. The van der Waals surface area contributed by atoms with Gasteiger partial charge in [-0.25, -0.2) is 0 Å². The summed E-state index contributed by atoms with van der Waals surface area (Å²) in [6.07, 6.45) is 3.83. The van der Waals surface area contributed by atoms with Crippen molar-refractivity contribution in [2.24, 2.45) is 0 Å². The summed E-state index contributed by atoms with van der Waals surface area (Å²) in [5, 5.41) is 0. The largest absolute Gasteiger partial charge is 0.496 e. The molecule has 2 nitrogen and oxygen atoms in total. The van der Waals surface area contributed by atoms with Gasteiger partial charge in [0.25, 0.3) is 0 Å². The van der Waals surface area contributed by atoms with Crippen LogP contribution < -0.4 is 9.47 Å².